The topological polar surface area (TPSA) is 55.4 Å². The van der Waals surface area contributed by atoms with Crippen LogP contribution in [-0.2, 0) is 10.0 Å². The molecule has 18 heavy (non-hydrogen) atoms. The Balaban J connectivity index is 1.97. The number of hydrogen-bond donors (Lipinski definition) is 1. The summed E-state index contributed by atoms with van der Waals surface area (Å²) in [4.78, 5) is 0. The highest BCUT2D eigenvalue weighted by molar-refractivity contribution is 7.92. The minimum Gasteiger partial charge on any atom is -0.476 e. The summed E-state index contributed by atoms with van der Waals surface area (Å²) in [6, 6.07) is 3.31. The van der Waals surface area contributed by atoms with Crippen LogP contribution in [0, 0.1) is 0 Å². The van der Waals surface area contributed by atoms with Crippen LogP contribution in [0.2, 0.25) is 0 Å². The van der Waals surface area contributed by atoms with Crippen LogP contribution in [0.3, 0.4) is 0 Å². The van der Waals surface area contributed by atoms with Crippen LogP contribution in [0.4, 0.5) is 9.39 Å². The van der Waals surface area contributed by atoms with Crippen LogP contribution in [0.25, 0.3) is 0 Å². The molecule has 1 heterocycles. The van der Waals surface area contributed by atoms with E-state index in [1.165, 1.54) is 23.5 Å². The first kappa shape index (κ1) is 13.1. The number of anilines is 1. The molecular formula is C11H12FNO3S2. The second-order valence-corrected chi connectivity index (χ2v) is 6.63. The summed E-state index contributed by atoms with van der Waals surface area (Å²) in [5.41, 5.74) is 0. The summed E-state index contributed by atoms with van der Waals surface area (Å²) in [5, 5.41) is 1.08. The van der Waals surface area contributed by atoms with E-state index in [-0.39, 0.29) is 11.9 Å². The van der Waals surface area contributed by atoms with Crippen molar-refractivity contribution < 1.29 is 17.5 Å². The van der Waals surface area contributed by atoms with Gasteiger partial charge in [0.2, 0.25) is 10.0 Å². The maximum absolute atomic E-state index is 12.7. The first-order valence-corrected chi connectivity index (χ1v) is 7.91. The third kappa shape index (κ3) is 3.85. The van der Waals surface area contributed by atoms with Crippen molar-refractivity contribution in [3.8, 4) is 5.06 Å². The van der Waals surface area contributed by atoms with Gasteiger partial charge < -0.3 is 4.74 Å². The Morgan fingerprint density at radius 3 is 2.89 bits per heavy atom. The van der Waals surface area contributed by atoms with Gasteiger partial charge in [0.1, 0.15) is 16.9 Å². The van der Waals surface area contributed by atoms with Crippen molar-refractivity contribution in [1.29, 1.82) is 0 Å². The molecule has 1 aliphatic carbocycles. The second-order valence-electron chi connectivity index (χ2n) is 3.83. The minimum atomic E-state index is -3.27. The van der Waals surface area contributed by atoms with Gasteiger partial charge in [0.05, 0.1) is 6.26 Å². The number of nitrogens with one attached hydrogen (secondary N) is 1. The minimum absolute atomic E-state index is 0.214. The molecule has 1 unspecified atom stereocenters. The normalized spacial score (nSPS) is 19.4. The van der Waals surface area contributed by atoms with Gasteiger partial charge in [-0.25, -0.2) is 12.8 Å². The first-order chi connectivity index (χ1) is 8.42. The molecule has 0 aliphatic heterocycles. The van der Waals surface area contributed by atoms with Crippen molar-refractivity contribution in [3.05, 3.63) is 36.2 Å². The fraction of sp³-hybridized carbons (Fsp3) is 0.273. The Kier molecular flexibility index (Phi) is 3.72. The van der Waals surface area contributed by atoms with E-state index >= 15 is 0 Å². The SMILES string of the molecule is CS(=O)(=O)Nc1ccc(OC2C=CC(F)=CC2)s1. The Morgan fingerprint density at radius 2 is 2.28 bits per heavy atom. The van der Waals surface area contributed by atoms with Crippen LogP contribution in [0.15, 0.2) is 36.2 Å². The van der Waals surface area contributed by atoms with Crippen molar-refractivity contribution >= 4 is 26.4 Å². The molecule has 98 valence electrons. The Labute approximate surface area is 109 Å². The van der Waals surface area contributed by atoms with Gasteiger partial charge in [-0.15, -0.1) is 0 Å². The van der Waals surface area contributed by atoms with Crippen molar-refractivity contribution in [1.82, 2.24) is 0 Å². The van der Waals surface area contributed by atoms with E-state index in [0.717, 1.165) is 6.26 Å². The van der Waals surface area contributed by atoms with Crippen LogP contribution < -0.4 is 9.46 Å². The molecule has 0 saturated heterocycles. The summed E-state index contributed by atoms with van der Waals surface area (Å²) in [5.74, 6) is -0.263. The number of halogens is 1. The predicted octanol–water partition coefficient (Wildman–Crippen LogP) is 2.68. The fourth-order valence-electron chi connectivity index (χ4n) is 1.43. The third-order valence-corrected chi connectivity index (χ3v) is 3.76. The molecule has 1 aromatic rings. The maximum Gasteiger partial charge on any atom is 0.230 e. The van der Waals surface area contributed by atoms with E-state index in [0.29, 0.717) is 16.5 Å². The van der Waals surface area contributed by atoms with Gasteiger partial charge in [-0.3, -0.25) is 4.72 Å². The summed E-state index contributed by atoms with van der Waals surface area (Å²) < 4.78 is 42.7. The smallest absolute Gasteiger partial charge is 0.230 e. The van der Waals surface area contributed by atoms with Gasteiger partial charge in [-0.05, 0) is 30.4 Å². The molecule has 0 amide bonds. The summed E-state index contributed by atoms with van der Waals surface area (Å²) in [6.45, 7) is 0. The van der Waals surface area contributed by atoms with Gasteiger partial charge in [0.25, 0.3) is 0 Å². The van der Waals surface area contributed by atoms with Crippen LogP contribution >= 0.6 is 11.3 Å². The predicted molar refractivity (Wildman–Crippen MR) is 70.1 cm³/mol. The lowest BCUT2D eigenvalue weighted by molar-refractivity contribution is 0.257. The Bertz CT molecular complexity index is 589. The maximum atomic E-state index is 12.7. The standard InChI is InChI=1S/C11H12FNO3S2/c1-18(14,15)13-10-6-7-11(17-10)16-9-4-2-8(12)3-5-9/h2-4,6-7,9,13H,5H2,1H3. The van der Waals surface area contributed by atoms with Crippen LogP contribution in [-0.4, -0.2) is 20.8 Å². The summed E-state index contributed by atoms with van der Waals surface area (Å²) in [7, 11) is -3.27. The van der Waals surface area contributed by atoms with Gasteiger partial charge in [0, 0.05) is 6.42 Å². The van der Waals surface area contributed by atoms with Gasteiger partial charge >= 0.3 is 0 Å². The van der Waals surface area contributed by atoms with Crippen molar-refractivity contribution in [2.75, 3.05) is 11.0 Å². The number of hydrogen-bond acceptors (Lipinski definition) is 4. The molecule has 0 aromatic carbocycles. The van der Waals surface area contributed by atoms with Crippen molar-refractivity contribution in [2.24, 2.45) is 0 Å². The van der Waals surface area contributed by atoms with E-state index in [9.17, 15) is 12.8 Å². The number of thiophene rings is 1. The molecule has 1 atom stereocenters. The van der Waals surface area contributed by atoms with E-state index in [1.807, 2.05) is 0 Å². The van der Waals surface area contributed by atoms with Crippen LogP contribution in [0.5, 0.6) is 5.06 Å². The quantitative estimate of drug-likeness (QED) is 0.927. The molecule has 0 spiro atoms. The highest BCUT2D eigenvalue weighted by Crippen LogP contribution is 2.31. The Morgan fingerprint density at radius 1 is 1.50 bits per heavy atom. The second kappa shape index (κ2) is 5.11. The number of sulfonamides is 1. The largest absolute Gasteiger partial charge is 0.476 e. The van der Waals surface area contributed by atoms with Crippen molar-refractivity contribution in [3.63, 3.8) is 0 Å². The molecule has 1 aliphatic rings. The zero-order valence-electron chi connectivity index (χ0n) is 9.59. The average molecular weight is 289 g/mol. The Hall–Kier alpha value is -1.34. The van der Waals surface area contributed by atoms with E-state index in [1.54, 1.807) is 18.2 Å². The van der Waals surface area contributed by atoms with E-state index < -0.39 is 10.0 Å². The molecule has 0 bridgehead atoms. The van der Waals surface area contributed by atoms with Gasteiger partial charge in [0.15, 0.2) is 5.06 Å². The number of ether oxygens (including phenoxy) is 1. The molecule has 7 heteroatoms. The lowest BCUT2D eigenvalue weighted by atomic mass is 10.1. The lowest BCUT2D eigenvalue weighted by Crippen LogP contribution is -2.13. The average Bonchev–Trinajstić information content (AvgIpc) is 2.66. The van der Waals surface area contributed by atoms with Crippen molar-refractivity contribution in [2.45, 2.75) is 12.5 Å². The number of allylic oxidation sites excluding steroid dienone is 2. The monoisotopic (exact) mass is 289 g/mol. The fourth-order valence-corrected chi connectivity index (χ4v) is 3.15. The first-order valence-electron chi connectivity index (χ1n) is 5.20. The molecule has 0 fully saturated rings. The number of rotatable bonds is 4. The summed E-state index contributed by atoms with van der Waals surface area (Å²) in [6.07, 6.45) is 5.79. The summed E-state index contributed by atoms with van der Waals surface area (Å²) >= 11 is 1.19. The third-order valence-electron chi connectivity index (χ3n) is 2.15. The van der Waals surface area contributed by atoms with E-state index in [2.05, 4.69) is 4.72 Å². The molecule has 2 rings (SSSR count). The molecule has 1 N–H and O–H groups in total. The zero-order chi connectivity index (χ0) is 13.2. The zero-order valence-corrected chi connectivity index (χ0v) is 11.2. The molecule has 1 aromatic heterocycles. The van der Waals surface area contributed by atoms with Gasteiger partial charge in [-0.1, -0.05) is 11.3 Å². The highest BCUT2D eigenvalue weighted by Gasteiger charge is 2.12. The lowest BCUT2D eigenvalue weighted by Gasteiger charge is -2.14. The van der Waals surface area contributed by atoms with Crippen LogP contribution in [0.1, 0.15) is 6.42 Å². The molecule has 0 radical (unpaired) electrons. The molecule has 0 saturated carbocycles. The highest BCUT2D eigenvalue weighted by atomic mass is 32.2. The van der Waals surface area contributed by atoms with E-state index in [4.69, 9.17) is 4.74 Å². The van der Waals surface area contributed by atoms with Gasteiger partial charge in [-0.2, -0.15) is 0 Å². The molecular weight excluding hydrogens is 277 g/mol. The molecule has 4 nitrogen and oxygen atoms in total.